The molecule has 5 nitrogen and oxygen atoms in total. The molecule has 0 bridgehead atoms. The van der Waals surface area contributed by atoms with Crippen molar-refractivity contribution in [3.05, 3.63) is 42.3 Å². The normalized spacial score (nSPS) is 20.3. The summed E-state index contributed by atoms with van der Waals surface area (Å²) >= 11 is 0. The zero-order valence-electron chi connectivity index (χ0n) is 13.7. The fraction of sp³-hybridized carbons (Fsp3) is 0.444. The van der Waals surface area contributed by atoms with E-state index < -0.39 is 0 Å². The Morgan fingerprint density at radius 3 is 2.91 bits per heavy atom. The second kappa shape index (κ2) is 7.31. The van der Waals surface area contributed by atoms with Crippen LogP contribution in [-0.4, -0.2) is 24.0 Å². The van der Waals surface area contributed by atoms with Crippen molar-refractivity contribution in [3.63, 3.8) is 0 Å². The van der Waals surface area contributed by atoms with E-state index in [1.807, 2.05) is 30.3 Å². The second-order valence-electron chi connectivity index (χ2n) is 5.97. The highest BCUT2D eigenvalue weighted by molar-refractivity contribution is 5.80. The smallest absolute Gasteiger partial charge is 0.226 e. The molecule has 1 aliphatic carbocycles. The molecule has 5 heteroatoms. The van der Waals surface area contributed by atoms with E-state index in [1.54, 1.807) is 13.3 Å². The minimum absolute atomic E-state index is 0.568. The number of aromatic nitrogens is 1. The van der Waals surface area contributed by atoms with Crippen LogP contribution >= 0.6 is 0 Å². The maximum Gasteiger partial charge on any atom is 0.226 e. The molecule has 23 heavy (non-hydrogen) atoms. The predicted octanol–water partition coefficient (Wildman–Crippen LogP) is 3.20. The SMILES string of the molecule is CCCC1CC1NC(=NC)NCc1coc(-c2ccccc2)n1. The number of hydrogen-bond donors (Lipinski definition) is 2. The quantitative estimate of drug-likeness (QED) is 0.635. The Kier molecular flexibility index (Phi) is 4.95. The van der Waals surface area contributed by atoms with Crippen LogP contribution in [0.5, 0.6) is 0 Å². The minimum Gasteiger partial charge on any atom is -0.444 e. The van der Waals surface area contributed by atoms with Gasteiger partial charge in [0.05, 0.1) is 12.2 Å². The number of nitrogens with one attached hydrogen (secondary N) is 2. The number of oxazole rings is 1. The molecule has 0 aliphatic heterocycles. The molecule has 2 atom stereocenters. The first-order chi connectivity index (χ1) is 11.3. The Morgan fingerprint density at radius 2 is 2.17 bits per heavy atom. The maximum absolute atomic E-state index is 5.55. The van der Waals surface area contributed by atoms with Crippen molar-refractivity contribution in [1.82, 2.24) is 15.6 Å². The topological polar surface area (TPSA) is 62.5 Å². The zero-order valence-corrected chi connectivity index (χ0v) is 13.7. The van der Waals surface area contributed by atoms with E-state index in [4.69, 9.17) is 4.42 Å². The first-order valence-electron chi connectivity index (χ1n) is 8.27. The maximum atomic E-state index is 5.55. The van der Waals surface area contributed by atoms with Crippen molar-refractivity contribution in [2.75, 3.05) is 7.05 Å². The highest BCUT2D eigenvalue weighted by atomic mass is 16.3. The molecule has 0 spiro atoms. The highest BCUT2D eigenvalue weighted by Gasteiger charge is 2.36. The van der Waals surface area contributed by atoms with Crippen LogP contribution < -0.4 is 10.6 Å². The Labute approximate surface area is 137 Å². The van der Waals surface area contributed by atoms with Crippen LogP contribution in [0.25, 0.3) is 11.5 Å². The van der Waals surface area contributed by atoms with Crippen LogP contribution in [0.15, 0.2) is 46.0 Å². The summed E-state index contributed by atoms with van der Waals surface area (Å²) in [6.07, 6.45) is 5.48. The third-order valence-electron chi connectivity index (χ3n) is 4.14. The van der Waals surface area contributed by atoms with Crippen LogP contribution in [0.4, 0.5) is 0 Å². The molecular formula is C18H24N4O. The minimum atomic E-state index is 0.568. The van der Waals surface area contributed by atoms with Crippen LogP contribution in [0.2, 0.25) is 0 Å². The van der Waals surface area contributed by atoms with Crippen molar-refractivity contribution >= 4 is 5.96 Å². The molecule has 2 unspecified atom stereocenters. The molecule has 1 aliphatic rings. The lowest BCUT2D eigenvalue weighted by Crippen LogP contribution is -2.38. The molecule has 1 saturated carbocycles. The van der Waals surface area contributed by atoms with Gasteiger partial charge in [-0.1, -0.05) is 31.5 Å². The van der Waals surface area contributed by atoms with Gasteiger partial charge < -0.3 is 15.1 Å². The van der Waals surface area contributed by atoms with Gasteiger partial charge >= 0.3 is 0 Å². The third-order valence-corrected chi connectivity index (χ3v) is 4.14. The van der Waals surface area contributed by atoms with E-state index in [-0.39, 0.29) is 0 Å². The van der Waals surface area contributed by atoms with Crippen molar-refractivity contribution in [3.8, 4) is 11.5 Å². The molecule has 1 heterocycles. The Hall–Kier alpha value is -2.30. The fourth-order valence-corrected chi connectivity index (χ4v) is 2.76. The molecule has 1 fully saturated rings. The summed E-state index contributed by atoms with van der Waals surface area (Å²) in [5.41, 5.74) is 1.86. The van der Waals surface area contributed by atoms with Gasteiger partial charge in [-0.15, -0.1) is 0 Å². The molecule has 2 aromatic rings. The van der Waals surface area contributed by atoms with Gasteiger partial charge in [0.1, 0.15) is 6.26 Å². The summed E-state index contributed by atoms with van der Waals surface area (Å²) in [5.74, 6) is 2.28. The van der Waals surface area contributed by atoms with Crippen LogP contribution in [0.3, 0.4) is 0 Å². The summed E-state index contributed by atoms with van der Waals surface area (Å²) in [5, 5.41) is 6.77. The summed E-state index contributed by atoms with van der Waals surface area (Å²) in [7, 11) is 1.80. The lowest BCUT2D eigenvalue weighted by Gasteiger charge is -2.10. The summed E-state index contributed by atoms with van der Waals surface area (Å²) in [4.78, 5) is 8.79. The lowest BCUT2D eigenvalue weighted by molar-refractivity contribution is 0.572. The zero-order chi connectivity index (χ0) is 16.1. The molecule has 2 N–H and O–H groups in total. The molecule has 0 saturated heterocycles. The van der Waals surface area contributed by atoms with Crippen LogP contribution in [-0.2, 0) is 6.54 Å². The van der Waals surface area contributed by atoms with E-state index in [9.17, 15) is 0 Å². The van der Waals surface area contributed by atoms with E-state index in [1.165, 1.54) is 19.3 Å². The van der Waals surface area contributed by atoms with Gasteiger partial charge in [0.15, 0.2) is 5.96 Å². The van der Waals surface area contributed by atoms with Crippen LogP contribution in [0, 0.1) is 5.92 Å². The monoisotopic (exact) mass is 312 g/mol. The van der Waals surface area contributed by atoms with Crippen molar-refractivity contribution in [2.24, 2.45) is 10.9 Å². The average Bonchev–Trinajstić information content (AvgIpc) is 3.13. The molecule has 1 aromatic carbocycles. The fourth-order valence-electron chi connectivity index (χ4n) is 2.76. The number of benzene rings is 1. The molecule has 1 aromatic heterocycles. The molecule has 0 radical (unpaired) electrons. The highest BCUT2D eigenvalue weighted by Crippen LogP contribution is 2.34. The molecule has 0 amide bonds. The van der Waals surface area contributed by atoms with Gasteiger partial charge in [0.25, 0.3) is 0 Å². The number of hydrogen-bond acceptors (Lipinski definition) is 3. The standard InChI is InChI=1S/C18H24N4O/c1-3-7-14-10-16(14)22-18(19-2)20-11-15-12-23-17(21-15)13-8-5-4-6-9-13/h4-6,8-9,12,14,16H,3,7,10-11H2,1-2H3,(H2,19,20,22). The van der Waals surface area contributed by atoms with Gasteiger partial charge in [-0.25, -0.2) is 4.98 Å². The molecule has 3 rings (SSSR count). The van der Waals surface area contributed by atoms with E-state index in [0.717, 1.165) is 23.1 Å². The first-order valence-corrected chi connectivity index (χ1v) is 8.27. The average molecular weight is 312 g/mol. The predicted molar refractivity (Wildman–Crippen MR) is 92.1 cm³/mol. The van der Waals surface area contributed by atoms with Gasteiger partial charge in [-0.3, -0.25) is 4.99 Å². The molecule has 122 valence electrons. The second-order valence-corrected chi connectivity index (χ2v) is 5.97. The van der Waals surface area contributed by atoms with E-state index >= 15 is 0 Å². The van der Waals surface area contributed by atoms with Gasteiger partial charge in [-0.05, 0) is 30.9 Å². The number of nitrogens with zero attached hydrogens (tertiary/aromatic N) is 2. The Morgan fingerprint density at radius 1 is 1.35 bits per heavy atom. The summed E-state index contributed by atoms with van der Waals surface area (Å²) in [6, 6.07) is 10.5. The molecular weight excluding hydrogens is 288 g/mol. The van der Waals surface area contributed by atoms with Crippen molar-refractivity contribution in [1.29, 1.82) is 0 Å². The van der Waals surface area contributed by atoms with Crippen molar-refractivity contribution in [2.45, 2.75) is 38.8 Å². The van der Waals surface area contributed by atoms with E-state index in [2.05, 4.69) is 27.5 Å². The number of rotatable bonds is 6. The van der Waals surface area contributed by atoms with E-state index in [0.29, 0.717) is 18.5 Å². The van der Waals surface area contributed by atoms with Crippen molar-refractivity contribution < 1.29 is 4.42 Å². The lowest BCUT2D eigenvalue weighted by atomic mass is 10.2. The Bertz CT molecular complexity index is 650. The van der Waals surface area contributed by atoms with Gasteiger partial charge in [0.2, 0.25) is 5.89 Å². The van der Waals surface area contributed by atoms with Crippen LogP contribution in [0.1, 0.15) is 31.9 Å². The summed E-state index contributed by atoms with van der Waals surface area (Å²) < 4.78 is 5.55. The van der Waals surface area contributed by atoms with Gasteiger partial charge in [-0.2, -0.15) is 0 Å². The number of aliphatic imine (C=N–C) groups is 1. The Balaban J connectivity index is 1.51. The number of guanidine groups is 1. The largest absolute Gasteiger partial charge is 0.444 e. The summed E-state index contributed by atoms with van der Waals surface area (Å²) in [6.45, 7) is 2.83. The third kappa shape index (κ3) is 4.12. The van der Waals surface area contributed by atoms with Gasteiger partial charge in [0, 0.05) is 18.7 Å². The first kappa shape index (κ1) is 15.6.